The standard InChI is InChI=1S/C19H37N3O/c1-23-15-14-21-12-9-17(10-13-21)20-18-6-5-11-22(16-18)19-7-3-2-4-8-19/h17-20H,2-16H2,1H3/t18-/m1/s1. The molecule has 3 fully saturated rings. The smallest absolute Gasteiger partial charge is 0.0589 e. The summed E-state index contributed by atoms with van der Waals surface area (Å²) in [6.07, 6.45) is 12.7. The third kappa shape index (κ3) is 5.42. The molecule has 1 N–H and O–H groups in total. The van der Waals surface area contributed by atoms with E-state index in [1.54, 1.807) is 7.11 Å². The van der Waals surface area contributed by atoms with E-state index in [4.69, 9.17) is 4.74 Å². The number of nitrogens with one attached hydrogen (secondary N) is 1. The lowest BCUT2D eigenvalue weighted by Gasteiger charge is -2.42. The first-order valence-electron chi connectivity index (χ1n) is 10.1. The predicted molar refractivity (Wildman–Crippen MR) is 95.9 cm³/mol. The number of hydrogen-bond acceptors (Lipinski definition) is 4. The summed E-state index contributed by atoms with van der Waals surface area (Å²) in [4.78, 5) is 5.37. The SMILES string of the molecule is COCCN1CCC(N[C@@H]2CCCN(C3CCCCC3)C2)CC1. The molecule has 1 atom stereocenters. The molecule has 0 aromatic rings. The van der Waals surface area contributed by atoms with Gasteiger partial charge in [0.2, 0.25) is 0 Å². The van der Waals surface area contributed by atoms with E-state index < -0.39 is 0 Å². The highest BCUT2D eigenvalue weighted by molar-refractivity contribution is 4.87. The molecule has 0 radical (unpaired) electrons. The van der Waals surface area contributed by atoms with Gasteiger partial charge < -0.3 is 15.0 Å². The van der Waals surface area contributed by atoms with Crippen LogP contribution in [-0.2, 0) is 4.74 Å². The molecule has 2 saturated heterocycles. The van der Waals surface area contributed by atoms with Crippen molar-refractivity contribution in [2.24, 2.45) is 0 Å². The summed E-state index contributed by atoms with van der Waals surface area (Å²) in [6.45, 7) is 7.09. The van der Waals surface area contributed by atoms with Crippen molar-refractivity contribution in [1.82, 2.24) is 15.1 Å². The van der Waals surface area contributed by atoms with Crippen LogP contribution in [0, 0.1) is 0 Å². The number of likely N-dealkylation sites (tertiary alicyclic amines) is 2. The van der Waals surface area contributed by atoms with E-state index in [-0.39, 0.29) is 0 Å². The van der Waals surface area contributed by atoms with Crippen LogP contribution in [0.2, 0.25) is 0 Å². The van der Waals surface area contributed by atoms with Crippen LogP contribution < -0.4 is 5.32 Å². The summed E-state index contributed by atoms with van der Waals surface area (Å²) < 4.78 is 5.20. The summed E-state index contributed by atoms with van der Waals surface area (Å²) in [5, 5.41) is 4.00. The van der Waals surface area contributed by atoms with E-state index in [0.29, 0.717) is 0 Å². The van der Waals surface area contributed by atoms with E-state index in [2.05, 4.69) is 15.1 Å². The number of ether oxygens (including phenoxy) is 1. The Balaban J connectivity index is 1.38. The zero-order chi connectivity index (χ0) is 15.9. The number of hydrogen-bond donors (Lipinski definition) is 1. The van der Waals surface area contributed by atoms with Crippen molar-refractivity contribution in [2.45, 2.75) is 75.9 Å². The van der Waals surface area contributed by atoms with E-state index in [1.165, 1.54) is 84.0 Å². The Kier molecular flexibility index (Phi) is 7.18. The summed E-state index contributed by atoms with van der Waals surface area (Å²) in [7, 11) is 1.80. The first-order valence-corrected chi connectivity index (χ1v) is 10.1. The second-order valence-corrected chi connectivity index (χ2v) is 7.90. The molecule has 1 saturated carbocycles. The van der Waals surface area contributed by atoms with Crippen molar-refractivity contribution in [3.63, 3.8) is 0 Å². The van der Waals surface area contributed by atoms with Crippen molar-refractivity contribution in [1.29, 1.82) is 0 Å². The molecule has 134 valence electrons. The number of methoxy groups -OCH3 is 1. The lowest BCUT2D eigenvalue weighted by atomic mass is 9.91. The normalized spacial score (nSPS) is 29.9. The van der Waals surface area contributed by atoms with Gasteiger partial charge in [-0.05, 0) is 58.2 Å². The van der Waals surface area contributed by atoms with E-state index >= 15 is 0 Å². The van der Waals surface area contributed by atoms with Crippen LogP contribution in [0.25, 0.3) is 0 Å². The quantitative estimate of drug-likeness (QED) is 0.813. The van der Waals surface area contributed by atoms with E-state index in [9.17, 15) is 0 Å². The molecule has 0 spiro atoms. The van der Waals surface area contributed by atoms with Crippen LogP contribution in [0.5, 0.6) is 0 Å². The van der Waals surface area contributed by atoms with Crippen LogP contribution in [-0.4, -0.2) is 74.4 Å². The van der Waals surface area contributed by atoms with Gasteiger partial charge in [0.15, 0.2) is 0 Å². The van der Waals surface area contributed by atoms with Gasteiger partial charge in [0, 0.05) is 38.3 Å². The van der Waals surface area contributed by atoms with Crippen molar-refractivity contribution >= 4 is 0 Å². The average Bonchev–Trinajstić information content (AvgIpc) is 2.62. The largest absolute Gasteiger partial charge is 0.383 e. The Labute approximate surface area is 142 Å². The third-order valence-electron chi connectivity index (χ3n) is 6.21. The fraction of sp³-hybridized carbons (Fsp3) is 1.00. The molecule has 2 heterocycles. The van der Waals surface area contributed by atoms with Crippen molar-refractivity contribution < 1.29 is 4.74 Å². The molecule has 0 unspecified atom stereocenters. The highest BCUT2D eigenvalue weighted by Crippen LogP contribution is 2.25. The molecule has 0 aromatic heterocycles. The number of piperidine rings is 2. The van der Waals surface area contributed by atoms with Crippen LogP contribution in [0.3, 0.4) is 0 Å². The topological polar surface area (TPSA) is 27.7 Å². The average molecular weight is 324 g/mol. The number of rotatable bonds is 6. The van der Waals surface area contributed by atoms with Gasteiger partial charge in [0.25, 0.3) is 0 Å². The molecule has 1 aliphatic carbocycles. The van der Waals surface area contributed by atoms with Crippen molar-refractivity contribution in [3.8, 4) is 0 Å². The molecular weight excluding hydrogens is 286 g/mol. The molecule has 0 bridgehead atoms. The lowest BCUT2D eigenvalue weighted by molar-refractivity contribution is 0.0943. The molecular formula is C19H37N3O. The first-order chi connectivity index (χ1) is 11.3. The fourth-order valence-electron chi connectivity index (χ4n) is 4.80. The fourth-order valence-corrected chi connectivity index (χ4v) is 4.80. The molecule has 0 amide bonds. The highest BCUT2D eigenvalue weighted by atomic mass is 16.5. The Hall–Kier alpha value is -0.160. The Morgan fingerprint density at radius 1 is 0.870 bits per heavy atom. The minimum Gasteiger partial charge on any atom is -0.383 e. The van der Waals surface area contributed by atoms with E-state index in [0.717, 1.165) is 31.3 Å². The zero-order valence-electron chi connectivity index (χ0n) is 15.1. The lowest BCUT2D eigenvalue weighted by Crippen LogP contribution is -2.54. The summed E-state index contributed by atoms with van der Waals surface area (Å²) >= 11 is 0. The number of nitrogens with zero attached hydrogens (tertiary/aromatic N) is 2. The maximum Gasteiger partial charge on any atom is 0.0589 e. The van der Waals surface area contributed by atoms with Gasteiger partial charge in [0.05, 0.1) is 6.61 Å². The molecule has 2 aliphatic heterocycles. The van der Waals surface area contributed by atoms with Gasteiger partial charge in [-0.3, -0.25) is 4.90 Å². The molecule has 4 nitrogen and oxygen atoms in total. The predicted octanol–water partition coefficient (Wildman–Crippen LogP) is 2.48. The second-order valence-electron chi connectivity index (χ2n) is 7.90. The minimum atomic E-state index is 0.737. The maximum atomic E-state index is 5.20. The molecule has 0 aromatic carbocycles. The van der Waals surface area contributed by atoms with Gasteiger partial charge in [-0.25, -0.2) is 0 Å². The Bertz CT molecular complexity index is 325. The molecule has 23 heavy (non-hydrogen) atoms. The van der Waals surface area contributed by atoms with Gasteiger partial charge in [-0.1, -0.05) is 19.3 Å². The van der Waals surface area contributed by atoms with Crippen LogP contribution >= 0.6 is 0 Å². The van der Waals surface area contributed by atoms with Crippen LogP contribution in [0.15, 0.2) is 0 Å². The van der Waals surface area contributed by atoms with Crippen molar-refractivity contribution in [2.75, 3.05) is 46.4 Å². The zero-order valence-corrected chi connectivity index (χ0v) is 15.1. The first kappa shape index (κ1) is 17.7. The minimum absolute atomic E-state index is 0.737. The van der Waals surface area contributed by atoms with Gasteiger partial charge in [-0.2, -0.15) is 0 Å². The van der Waals surface area contributed by atoms with Gasteiger partial charge >= 0.3 is 0 Å². The molecule has 3 aliphatic rings. The van der Waals surface area contributed by atoms with Gasteiger partial charge in [-0.15, -0.1) is 0 Å². The van der Waals surface area contributed by atoms with Crippen LogP contribution in [0.1, 0.15) is 57.8 Å². The maximum absolute atomic E-state index is 5.20. The Morgan fingerprint density at radius 2 is 1.65 bits per heavy atom. The monoisotopic (exact) mass is 323 g/mol. The summed E-state index contributed by atoms with van der Waals surface area (Å²) in [5.41, 5.74) is 0. The summed E-state index contributed by atoms with van der Waals surface area (Å²) in [5.74, 6) is 0. The van der Waals surface area contributed by atoms with Crippen LogP contribution in [0.4, 0.5) is 0 Å². The van der Waals surface area contributed by atoms with E-state index in [1.807, 2.05) is 0 Å². The van der Waals surface area contributed by atoms with Gasteiger partial charge in [0.1, 0.15) is 0 Å². The third-order valence-corrected chi connectivity index (χ3v) is 6.21. The Morgan fingerprint density at radius 3 is 2.39 bits per heavy atom. The highest BCUT2D eigenvalue weighted by Gasteiger charge is 2.28. The summed E-state index contributed by atoms with van der Waals surface area (Å²) in [6, 6.07) is 2.37. The molecule has 3 rings (SSSR count). The molecule has 4 heteroatoms. The second kappa shape index (κ2) is 9.36. The van der Waals surface area contributed by atoms with Crippen molar-refractivity contribution in [3.05, 3.63) is 0 Å².